The van der Waals surface area contributed by atoms with Crippen LogP contribution in [0.4, 0.5) is 0 Å². The molecule has 1 saturated carbocycles. The summed E-state index contributed by atoms with van der Waals surface area (Å²) in [5, 5.41) is 4.33. The lowest BCUT2D eigenvalue weighted by atomic mass is 9.83. The van der Waals surface area contributed by atoms with Crippen LogP contribution in [0.15, 0.2) is 42.6 Å². The van der Waals surface area contributed by atoms with Crippen molar-refractivity contribution in [3.63, 3.8) is 0 Å². The van der Waals surface area contributed by atoms with Crippen molar-refractivity contribution < 1.29 is 13.2 Å². The molecule has 1 aliphatic carbocycles. The van der Waals surface area contributed by atoms with Gasteiger partial charge < -0.3 is 4.74 Å². The Hall–Kier alpha value is -1.70. The smallest absolute Gasteiger partial charge is 0.208 e. The minimum Gasteiger partial charge on any atom is -0.376 e. The summed E-state index contributed by atoms with van der Waals surface area (Å²) < 4.78 is 33.6. The summed E-state index contributed by atoms with van der Waals surface area (Å²) in [5.74, 6) is 0.613. The van der Waals surface area contributed by atoms with E-state index in [-0.39, 0.29) is 18.7 Å². The molecule has 0 bridgehead atoms. The zero-order valence-electron chi connectivity index (χ0n) is 16.0. The molecule has 2 aromatic rings. The molecule has 7 heteroatoms. The van der Waals surface area contributed by atoms with Crippen molar-refractivity contribution in [1.82, 2.24) is 14.5 Å². The molecule has 1 heterocycles. The number of rotatable bonds is 8. The number of sulfonamides is 1. The minimum absolute atomic E-state index is 0.151. The first-order chi connectivity index (χ1) is 12.9. The summed E-state index contributed by atoms with van der Waals surface area (Å²) >= 11 is 0. The van der Waals surface area contributed by atoms with Crippen LogP contribution in [0.2, 0.25) is 0 Å². The first kappa shape index (κ1) is 20.0. The Labute approximate surface area is 162 Å². The van der Waals surface area contributed by atoms with Crippen molar-refractivity contribution in [3.05, 3.63) is 53.9 Å². The topological polar surface area (TPSA) is 73.2 Å². The molecular weight excluding hydrogens is 362 g/mol. The van der Waals surface area contributed by atoms with Crippen molar-refractivity contribution in [2.24, 2.45) is 0 Å². The summed E-state index contributed by atoms with van der Waals surface area (Å²) in [5.41, 5.74) is 2.41. The van der Waals surface area contributed by atoms with Gasteiger partial charge in [0.15, 0.2) is 0 Å². The van der Waals surface area contributed by atoms with Crippen LogP contribution in [-0.2, 0) is 14.8 Å². The molecule has 1 fully saturated rings. The van der Waals surface area contributed by atoms with Crippen LogP contribution in [0.5, 0.6) is 0 Å². The van der Waals surface area contributed by atoms with Gasteiger partial charge in [-0.15, -0.1) is 0 Å². The fraction of sp³-hybridized carbons (Fsp3) is 0.550. The largest absolute Gasteiger partial charge is 0.376 e. The standard InChI is InChI=1S/C20H29N3O3S/c1-16-12-13-21-23(16)19(14-22-27(2,24)25)15-26-20-10-8-18(9-11-20)17-6-4-3-5-7-17/h3-7,12-13,18-20,22H,8-11,14-15H2,1-2H3/t18-,19-,20+/m1/s1. The Kier molecular flexibility index (Phi) is 6.68. The van der Waals surface area contributed by atoms with E-state index in [0.717, 1.165) is 31.4 Å². The Balaban J connectivity index is 1.54. The molecule has 0 saturated heterocycles. The predicted octanol–water partition coefficient (Wildman–Crippen LogP) is 3.02. The molecule has 6 nitrogen and oxygen atoms in total. The van der Waals surface area contributed by atoms with Crippen molar-refractivity contribution in [2.45, 2.75) is 50.7 Å². The fourth-order valence-electron chi connectivity index (χ4n) is 3.76. The molecule has 1 aromatic carbocycles. The number of aromatic nitrogens is 2. The molecule has 1 aromatic heterocycles. The van der Waals surface area contributed by atoms with Crippen molar-refractivity contribution in [1.29, 1.82) is 0 Å². The van der Waals surface area contributed by atoms with E-state index in [1.165, 1.54) is 11.8 Å². The number of benzene rings is 1. The molecule has 1 atom stereocenters. The van der Waals surface area contributed by atoms with Crippen LogP contribution in [-0.4, -0.2) is 43.7 Å². The molecule has 3 rings (SSSR count). The van der Waals surface area contributed by atoms with Crippen LogP contribution < -0.4 is 4.72 Å². The Morgan fingerprint density at radius 3 is 2.48 bits per heavy atom. The van der Waals surface area contributed by atoms with Gasteiger partial charge >= 0.3 is 0 Å². The maximum Gasteiger partial charge on any atom is 0.208 e. The zero-order valence-corrected chi connectivity index (χ0v) is 16.9. The second-order valence-electron chi connectivity index (χ2n) is 7.41. The van der Waals surface area contributed by atoms with Crippen molar-refractivity contribution in [3.8, 4) is 0 Å². The van der Waals surface area contributed by atoms with Gasteiger partial charge in [-0.3, -0.25) is 4.68 Å². The number of aryl methyl sites for hydroxylation is 1. The maximum absolute atomic E-state index is 11.5. The lowest BCUT2D eigenvalue weighted by Crippen LogP contribution is -2.34. The highest BCUT2D eigenvalue weighted by Gasteiger charge is 2.24. The summed E-state index contributed by atoms with van der Waals surface area (Å²) in [4.78, 5) is 0. The first-order valence-corrected chi connectivity index (χ1v) is 11.4. The average Bonchev–Trinajstić information content (AvgIpc) is 3.08. The van der Waals surface area contributed by atoms with Gasteiger partial charge in [-0.2, -0.15) is 5.10 Å². The van der Waals surface area contributed by atoms with Crippen molar-refractivity contribution >= 4 is 10.0 Å². The summed E-state index contributed by atoms with van der Waals surface area (Å²) in [6.07, 6.45) is 7.44. The van der Waals surface area contributed by atoms with Gasteiger partial charge in [-0.1, -0.05) is 30.3 Å². The van der Waals surface area contributed by atoms with E-state index in [1.807, 2.05) is 17.7 Å². The molecule has 1 aliphatic rings. The molecule has 0 spiro atoms. The quantitative estimate of drug-likeness (QED) is 0.751. The van der Waals surface area contributed by atoms with Crippen LogP contribution in [0.3, 0.4) is 0 Å². The fourth-order valence-corrected chi connectivity index (χ4v) is 4.26. The highest BCUT2D eigenvalue weighted by molar-refractivity contribution is 7.88. The summed E-state index contributed by atoms with van der Waals surface area (Å²) in [7, 11) is -3.25. The Bertz CT molecular complexity index is 812. The Morgan fingerprint density at radius 1 is 1.19 bits per heavy atom. The molecule has 0 unspecified atom stereocenters. The van der Waals surface area contributed by atoms with Crippen molar-refractivity contribution in [2.75, 3.05) is 19.4 Å². The molecule has 0 aliphatic heterocycles. The number of hydrogen-bond donors (Lipinski definition) is 1. The highest BCUT2D eigenvalue weighted by Crippen LogP contribution is 2.34. The summed E-state index contributed by atoms with van der Waals surface area (Å²) in [6, 6.07) is 12.4. The van der Waals surface area contributed by atoms with E-state index in [9.17, 15) is 8.42 Å². The maximum atomic E-state index is 11.5. The van der Waals surface area contributed by atoms with Crippen LogP contribution >= 0.6 is 0 Å². The SMILES string of the molecule is Cc1ccnn1[C@H](CNS(C)(=O)=O)CO[C@H]1CC[C@@H](c2ccccc2)CC1. The Morgan fingerprint density at radius 2 is 1.89 bits per heavy atom. The van der Waals surface area contributed by atoms with Gasteiger partial charge in [0.25, 0.3) is 0 Å². The molecule has 27 heavy (non-hydrogen) atoms. The third kappa shape index (κ3) is 5.89. The predicted molar refractivity (Wildman–Crippen MR) is 106 cm³/mol. The molecule has 0 radical (unpaired) electrons. The van der Waals surface area contributed by atoms with E-state index >= 15 is 0 Å². The van der Waals surface area contributed by atoms with Gasteiger partial charge in [0, 0.05) is 18.4 Å². The minimum atomic E-state index is -3.25. The highest BCUT2D eigenvalue weighted by atomic mass is 32.2. The van der Waals surface area contributed by atoms with Gasteiger partial charge in [-0.05, 0) is 50.2 Å². The van der Waals surface area contributed by atoms with Gasteiger partial charge in [0.05, 0.1) is 25.0 Å². The lowest BCUT2D eigenvalue weighted by Gasteiger charge is -2.30. The second kappa shape index (κ2) is 8.99. The van der Waals surface area contributed by atoms with E-state index in [2.05, 4.69) is 40.2 Å². The van der Waals surface area contributed by atoms with E-state index < -0.39 is 10.0 Å². The summed E-state index contributed by atoms with van der Waals surface area (Å²) in [6.45, 7) is 2.69. The number of nitrogens with one attached hydrogen (secondary N) is 1. The monoisotopic (exact) mass is 391 g/mol. The second-order valence-corrected chi connectivity index (χ2v) is 9.24. The number of nitrogens with zero attached hydrogens (tertiary/aromatic N) is 2. The van der Waals surface area contributed by atoms with E-state index in [1.54, 1.807) is 6.20 Å². The van der Waals surface area contributed by atoms with Gasteiger partial charge in [0.1, 0.15) is 0 Å². The number of hydrogen-bond acceptors (Lipinski definition) is 4. The van der Waals surface area contributed by atoms with Crippen LogP contribution in [0.1, 0.15) is 48.9 Å². The van der Waals surface area contributed by atoms with Crippen LogP contribution in [0.25, 0.3) is 0 Å². The molecule has 148 valence electrons. The molecular formula is C20H29N3O3S. The van der Waals surface area contributed by atoms with Crippen LogP contribution in [0, 0.1) is 6.92 Å². The van der Waals surface area contributed by atoms with E-state index in [4.69, 9.17) is 4.74 Å². The van der Waals surface area contributed by atoms with E-state index in [0.29, 0.717) is 12.5 Å². The third-order valence-corrected chi connectivity index (χ3v) is 5.96. The number of ether oxygens (including phenoxy) is 1. The van der Waals surface area contributed by atoms with Gasteiger partial charge in [0.2, 0.25) is 10.0 Å². The molecule has 1 N–H and O–H groups in total. The lowest BCUT2D eigenvalue weighted by molar-refractivity contribution is 0.00578. The average molecular weight is 392 g/mol. The third-order valence-electron chi connectivity index (χ3n) is 5.26. The first-order valence-electron chi connectivity index (χ1n) is 9.53. The zero-order chi connectivity index (χ0) is 19.3. The normalized spacial score (nSPS) is 21.9. The molecule has 0 amide bonds. The van der Waals surface area contributed by atoms with Gasteiger partial charge in [-0.25, -0.2) is 13.1 Å².